The molecule has 1 aromatic heterocycles. The van der Waals surface area contributed by atoms with Crippen molar-refractivity contribution >= 4 is 40.8 Å². The Kier molecular flexibility index (Phi) is 8.63. The Morgan fingerprint density at radius 1 is 1.04 bits per heavy atom. The lowest BCUT2D eigenvalue weighted by Crippen LogP contribution is -2.39. The Balaban J connectivity index is 0.00000280. The number of H-pyrrole nitrogens is 1. The van der Waals surface area contributed by atoms with Crippen LogP contribution in [0.25, 0.3) is 10.9 Å². The Morgan fingerprint density at radius 3 is 2.46 bits per heavy atom. The molecule has 0 aliphatic rings. The Hall–Kier alpha value is -2.22. The van der Waals surface area contributed by atoms with Gasteiger partial charge in [0.1, 0.15) is 5.75 Å². The van der Waals surface area contributed by atoms with Crippen LogP contribution in [-0.4, -0.2) is 38.2 Å². The molecule has 0 spiro atoms. The standard InChI is InChI=1S/C22H28N4O.HI/c1-16-8-9-21(27-3)17(14-16)10-12-24-22(23-2)25-13-11-18-15-26-20-7-5-4-6-19(18)20;/h4-9,14-15,26H,10-13H2,1-3H3,(H2,23,24,25);1H. The Morgan fingerprint density at radius 2 is 1.75 bits per heavy atom. The van der Waals surface area contributed by atoms with Crippen molar-refractivity contribution in [2.24, 2.45) is 4.99 Å². The summed E-state index contributed by atoms with van der Waals surface area (Å²) in [5.41, 5.74) is 4.95. The number of hydrogen-bond acceptors (Lipinski definition) is 2. The highest BCUT2D eigenvalue weighted by molar-refractivity contribution is 14.0. The number of aliphatic imine (C=N–C) groups is 1. The van der Waals surface area contributed by atoms with Crippen LogP contribution in [0.15, 0.2) is 53.7 Å². The number of nitrogens with one attached hydrogen (secondary N) is 3. The number of guanidine groups is 1. The first-order chi connectivity index (χ1) is 13.2. The van der Waals surface area contributed by atoms with E-state index in [0.717, 1.165) is 37.6 Å². The van der Waals surface area contributed by atoms with E-state index >= 15 is 0 Å². The van der Waals surface area contributed by atoms with Crippen LogP contribution < -0.4 is 15.4 Å². The quantitative estimate of drug-likeness (QED) is 0.265. The molecule has 0 amide bonds. The van der Waals surface area contributed by atoms with Gasteiger partial charge in [-0.3, -0.25) is 4.99 Å². The summed E-state index contributed by atoms with van der Waals surface area (Å²) in [5.74, 6) is 1.76. The number of aromatic amines is 1. The molecule has 3 rings (SSSR count). The highest BCUT2D eigenvalue weighted by Crippen LogP contribution is 2.20. The molecule has 0 saturated carbocycles. The second kappa shape index (κ2) is 10.9. The molecular weight excluding hydrogens is 463 g/mol. The van der Waals surface area contributed by atoms with Gasteiger partial charge >= 0.3 is 0 Å². The summed E-state index contributed by atoms with van der Waals surface area (Å²) in [5, 5.41) is 8.06. The van der Waals surface area contributed by atoms with Gasteiger partial charge in [-0.25, -0.2) is 0 Å². The summed E-state index contributed by atoms with van der Waals surface area (Å²) in [6.07, 6.45) is 3.91. The minimum absolute atomic E-state index is 0. The normalized spacial score (nSPS) is 11.2. The van der Waals surface area contributed by atoms with Gasteiger partial charge in [-0.15, -0.1) is 24.0 Å². The Labute approximate surface area is 184 Å². The first-order valence-electron chi connectivity index (χ1n) is 9.34. The summed E-state index contributed by atoms with van der Waals surface area (Å²) in [6.45, 7) is 3.73. The van der Waals surface area contributed by atoms with Gasteiger partial charge in [0, 0.05) is 37.2 Å². The fourth-order valence-corrected chi connectivity index (χ4v) is 3.29. The van der Waals surface area contributed by atoms with Crippen molar-refractivity contribution < 1.29 is 4.74 Å². The number of para-hydroxylation sites is 1. The number of methoxy groups -OCH3 is 1. The second-order valence-electron chi connectivity index (χ2n) is 6.60. The molecule has 0 saturated heterocycles. The molecule has 0 bridgehead atoms. The fraction of sp³-hybridized carbons (Fsp3) is 0.318. The lowest BCUT2D eigenvalue weighted by molar-refractivity contribution is 0.409. The van der Waals surface area contributed by atoms with Gasteiger partial charge < -0.3 is 20.4 Å². The maximum Gasteiger partial charge on any atom is 0.190 e. The zero-order valence-electron chi connectivity index (χ0n) is 16.7. The SMILES string of the molecule is CN=C(NCCc1cc(C)ccc1OC)NCCc1c[nH]c2ccccc12.I. The first kappa shape index (κ1) is 22.1. The van der Waals surface area contributed by atoms with Crippen LogP contribution in [0.4, 0.5) is 0 Å². The van der Waals surface area contributed by atoms with Crippen molar-refractivity contribution in [1.82, 2.24) is 15.6 Å². The molecule has 150 valence electrons. The maximum atomic E-state index is 5.45. The molecule has 0 aliphatic heterocycles. The zero-order valence-corrected chi connectivity index (χ0v) is 19.0. The van der Waals surface area contributed by atoms with E-state index in [0.29, 0.717) is 0 Å². The van der Waals surface area contributed by atoms with Gasteiger partial charge in [0.05, 0.1) is 7.11 Å². The zero-order chi connectivity index (χ0) is 19.1. The molecule has 0 atom stereocenters. The molecule has 3 N–H and O–H groups in total. The predicted octanol–water partition coefficient (Wildman–Crippen LogP) is 4.05. The second-order valence-corrected chi connectivity index (χ2v) is 6.60. The number of ether oxygens (including phenoxy) is 1. The predicted molar refractivity (Wildman–Crippen MR) is 128 cm³/mol. The average molecular weight is 492 g/mol. The molecule has 0 fully saturated rings. The monoisotopic (exact) mass is 492 g/mol. The van der Waals surface area contributed by atoms with Crippen molar-refractivity contribution in [2.45, 2.75) is 19.8 Å². The van der Waals surface area contributed by atoms with Crippen LogP contribution in [0.2, 0.25) is 0 Å². The highest BCUT2D eigenvalue weighted by atomic mass is 127. The van der Waals surface area contributed by atoms with E-state index in [1.54, 1.807) is 14.2 Å². The number of aromatic nitrogens is 1. The number of hydrogen-bond donors (Lipinski definition) is 3. The van der Waals surface area contributed by atoms with Gasteiger partial charge in [-0.2, -0.15) is 0 Å². The molecule has 0 aliphatic carbocycles. The van der Waals surface area contributed by atoms with Crippen molar-refractivity contribution in [3.63, 3.8) is 0 Å². The molecule has 0 unspecified atom stereocenters. The van der Waals surface area contributed by atoms with Crippen LogP contribution in [0.1, 0.15) is 16.7 Å². The van der Waals surface area contributed by atoms with Gasteiger partial charge in [0.25, 0.3) is 0 Å². The van der Waals surface area contributed by atoms with E-state index in [4.69, 9.17) is 4.74 Å². The third-order valence-electron chi connectivity index (χ3n) is 4.71. The molecule has 0 radical (unpaired) electrons. The summed E-state index contributed by atoms with van der Waals surface area (Å²) >= 11 is 0. The van der Waals surface area contributed by atoms with E-state index in [1.807, 2.05) is 6.07 Å². The smallest absolute Gasteiger partial charge is 0.190 e. The molecule has 3 aromatic rings. The summed E-state index contributed by atoms with van der Waals surface area (Å²) in [7, 11) is 3.51. The minimum atomic E-state index is 0. The number of benzene rings is 2. The number of aryl methyl sites for hydroxylation is 1. The molecular formula is C22H29IN4O. The maximum absolute atomic E-state index is 5.45. The number of halogens is 1. The fourth-order valence-electron chi connectivity index (χ4n) is 3.29. The third-order valence-corrected chi connectivity index (χ3v) is 4.71. The van der Waals surface area contributed by atoms with Crippen molar-refractivity contribution in [3.05, 3.63) is 65.4 Å². The van der Waals surface area contributed by atoms with Gasteiger partial charge in [0.2, 0.25) is 0 Å². The topological polar surface area (TPSA) is 61.4 Å². The third kappa shape index (κ3) is 5.64. The van der Waals surface area contributed by atoms with Crippen molar-refractivity contribution in [1.29, 1.82) is 0 Å². The van der Waals surface area contributed by atoms with Crippen LogP contribution in [0.3, 0.4) is 0 Å². The van der Waals surface area contributed by atoms with Crippen LogP contribution in [0, 0.1) is 6.92 Å². The highest BCUT2D eigenvalue weighted by Gasteiger charge is 2.05. The average Bonchev–Trinajstić information content (AvgIpc) is 3.10. The van der Waals surface area contributed by atoms with Crippen molar-refractivity contribution in [3.8, 4) is 5.75 Å². The van der Waals surface area contributed by atoms with Crippen LogP contribution in [0.5, 0.6) is 5.75 Å². The van der Waals surface area contributed by atoms with E-state index in [9.17, 15) is 0 Å². The largest absolute Gasteiger partial charge is 0.496 e. The molecule has 1 heterocycles. The lowest BCUT2D eigenvalue weighted by Gasteiger charge is -2.13. The molecule has 28 heavy (non-hydrogen) atoms. The number of fused-ring (bicyclic) bond motifs is 1. The number of rotatable bonds is 7. The molecule has 2 aromatic carbocycles. The summed E-state index contributed by atoms with van der Waals surface area (Å²) in [6, 6.07) is 14.7. The van der Waals surface area contributed by atoms with Gasteiger partial charge in [-0.05, 0) is 43.0 Å². The van der Waals surface area contributed by atoms with Crippen molar-refractivity contribution in [2.75, 3.05) is 27.2 Å². The molecule has 6 heteroatoms. The summed E-state index contributed by atoms with van der Waals surface area (Å²) < 4.78 is 5.45. The van der Waals surface area contributed by atoms with Crippen LogP contribution >= 0.6 is 24.0 Å². The first-order valence-corrected chi connectivity index (χ1v) is 9.34. The van der Waals surface area contributed by atoms with E-state index in [-0.39, 0.29) is 24.0 Å². The molecule has 5 nitrogen and oxygen atoms in total. The Bertz CT molecular complexity index is 920. The van der Waals surface area contributed by atoms with Crippen LogP contribution in [-0.2, 0) is 12.8 Å². The van der Waals surface area contributed by atoms with E-state index in [1.165, 1.54) is 27.6 Å². The van der Waals surface area contributed by atoms with Gasteiger partial charge in [0.15, 0.2) is 5.96 Å². The van der Waals surface area contributed by atoms with E-state index < -0.39 is 0 Å². The lowest BCUT2D eigenvalue weighted by atomic mass is 10.1. The van der Waals surface area contributed by atoms with Gasteiger partial charge in [-0.1, -0.05) is 35.9 Å². The van der Waals surface area contributed by atoms with E-state index in [2.05, 4.69) is 70.1 Å². The summed E-state index contributed by atoms with van der Waals surface area (Å²) in [4.78, 5) is 7.64. The number of nitrogens with zero attached hydrogens (tertiary/aromatic N) is 1. The minimum Gasteiger partial charge on any atom is -0.496 e.